The van der Waals surface area contributed by atoms with E-state index in [-0.39, 0.29) is 5.56 Å². The van der Waals surface area contributed by atoms with E-state index < -0.39 is 17.4 Å². The SMILES string of the molecule is CC(=O)c1cc(F)c(CN2CCCC(C3=CCCC=C3)S2)cc1F. The Morgan fingerprint density at radius 1 is 1.29 bits per heavy atom. The van der Waals surface area contributed by atoms with Crippen LogP contribution in [0, 0.1) is 11.6 Å². The van der Waals surface area contributed by atoms with E-state index in [0.717, 1.165) is 44.4 Å². The maximum Gasteiger partial charge on any atom is 0.162 e. The average Bonchev–Trinajstić information content (AvgIpc) is 2.58. The second-order valence-electron chi connectivity index (χ2n) is 6.26. The maximum absolute atomic E-state index is 14.2. The Labute approximate surface area is 145 Å². The summed E-state index contributed by atoms with van der Waals surface area (Å²) in [6.07, 6.45) is 11.0. The van der Waals surface area contributed by atoms with Crippen molar-refractivity contribution in [2.24, 2.45) is 0 Å². The number of carbonyl (C=O) groups is 1. The van der Waals surface area contributed by atoms with Crippen LogP contribution in [0.15, 0.2) is 35.9 Å². The number of allylic oxidation sites excluding steroid dienone is 3. The number of hydrogen-bond donors (Lipinski definition) is 0. The molecule has 3 rings (SSSR count). The zero-order valence-electron chi connectivity index (χ0n) is 13.7. The van der Waals surface area contributed by atoms with Gasteiger partial charge in [0, 0.05) is 23.9 Å². The maximum atomic E-state index is 14.2. The number of hydrogen-bond acceptors (Lipinski definition) is 3. The van der Waals surface area contributed by atoms with E-state index in [1.54, 1.807) is 11.9 Å². The van der Waals surface area contributed by atoms with E-state index in [1.165, 1.54) is 12.5 Å². The molecule has 1 heterocycles. The van der Waals surface area contributed by atoms with Gasteiger partial charge in [0.2, 0.25) is 0 Å². The van der Waals surface area contributed by atoms with Crippen LogP contribution in [0.2, 0.25) is 0 Å². The van der Waals surface area contributed by atoms with Crippen molar-refractivity contribution < 1.29 is 13.6 Å². The predicted molar refractivity (Wildman–Crippen MR) is 93.8 cm³/mol. The minimum atomic E-state index is -0.643. The van der Waals surface area contributed by atoms with Crippen LogP contribution in [-0.2, 0) is 6.54 Å². The fraction of sp³-hybridized carbons (Fsp3) is 0.421. The number of carbonyl (C=O) groups excluding carboxylic acids is 1. The Bertz CT molecular complexity index is 699. The van der Waals surface area contributed by atoms with Gasteiger partial charge in [-0.25, -0.2) is 13.1 Å². The van der Waals surface area contributed by atoms with Crippen LogP contribution in [0.25, 0.3) is 0 Å². The van der Waals surface area contributed by atoms with Crippen LogP contribution >= 0.6 is 11.9 Å². The van der Waals surface area contributed by atoms with Gasteiger partial charge in [0.25, 0.3) is 0 Å². The van der Waals surface area contributed by atoms with Crippen LogP contribution in [0.5, 0.6) is 0 Å². The van der Waals surface area contributed by atoms with Crippen LogP contribution in [0.4, 0.5) is 8.78 Å². The lowest BCUT2D eigenvalue weighted by Gasteiger charge is -2.33. The highest BCUT2D eigenvalue weighted by Crippen LogP contribution is 2.35. The van der Waals surface area contributed by atoms with Gasteiger partial charge >= 0.3 is 0 Å². The van der Waals surface area contributed by atoms with E-state index in [1.807, 2.05) is 0 Å². The molecule has 24 heavy (non-hydrogen) atoms. The van der Waals surface area contributed by atoms with Crippen molar-refractivity contribution in [2.75, 3.05) is 6.54 Å². The molecule has 0 saturated carbocycles. The molecule has 0 N–H and O–H groups in total. The van der Waals surface area contributed by atoms with E-state index in [2.05, 4.69) is 22.5 Å². The molecule has 2 aliphatic rings. The smallest absolute Gasteiger partial charge is 0.162 e. The van der Waals surface area contributed by atoms with Crippen molar-refractivity contribution in [1.82, 2.24) is 4.31 Å². The summed E-state index contributed by atoms with van der Waals surface area (Å²) in [6, 6.07) is 2.18. The fourth-order valence-electron chi connectivity index (χ4n) is 3.12. The monoisotopic (exact) mass is 349 g/mol. The average molecular weight is 349 g/mol. The molecule has 1 aromatic carbocycles. The summed E-state index contributed by atoms with van der Waals surface area (Å²) in [6.45, 7) is 2.45. The first kappa shape index (κ1) is 17.4. The van der Waals surface area contributed by atoms with Crippen LogP contribution in [0.3, 0.4) is 0 Å². The molecule has 1 unspecified atom stereocenters. The Balaban J connectivity index is 1.71. The molecule has 1 aromatic rings. The summed E-state index contributed by atoms with van der Waals surface area (Å²) in [5.41, 5.74) is 1.46. The molecule has 1 atom stereocenters. The van der Waals surface area contributed by atoms with Gasteiger partial charge in [-0.1, -0.05) is 30.2 Å². The van der Waals surface area contributed by atoms with Crippen molar-refractivity contribution in [1.29, 1.82) is 0 Å². The Hall–Kier alpha value is -1.46. The van der Waals surface area contributed by atoms with Gasteiger partial charge < -0.3 is 0 Å². The molecule has 1 fully saturated rings. The van der Waals surface area contributed by atoms with E-state index in [9.17, 15) is 13.6 Å². The van der Waals surface area contributed by atoms with Gasteiger partial charge in [-0.3, -0.25) is 4.79 Å². The van der Waals surface area contributed by atoms with Crippen LogP contribution < -0.4 is 0 Å². The van der Waals surface area contributed by atoms with Gasteiger partial charge in [0.05, 0.1) is 5.56 Å². The van der Waals surface area contributed by atoms with Crippen molar-refractivity contribution in [2.45, 2.75) is 44.4 Å². The summed E-state index contributed by atoms with van der Waals surface area (Å²) < 4.78 is 30.3. The minimum Gasteiger partial charge on any atom is -0.294 e. The highest BCUT2D eigenvalue weighted by Gasteiger charge is 2.24. The number of Topliss-reactive ketones (excluding diaryl/α,β-unsaturated/α-hetero) is 1. The molecule has 128 valence electrons. The summed E-state index contributed by atoms with van der Waals surface area (Å²) in [5, 5.41) is 0.389. The standard InChI is InChI=1S/C19H21F2NOS/c1-13(23)16-11-17(20)15(10-18(16)21)12-22-9-5-8-19(24-22)14-6-3-2-4-7-14/h3,6-7,10-11,19H,2,4-5,8-9,12H2,1H3. The first-order valence-corrected chi connectivity index (χ1v) is 9.15. The topological polar surface area (TPSA) is 20.3 Å². The van der Waals surface area contributed by atoms with Crippen LogP contribution in [-0.4, -0.2) is 21.9 Å². The molecule has 2 nitrogen and oxygen atoms in total. The molecule has 0 spiro atoms. The third kappa shape index (κ3) is 3.95. The fourth-order valence-corrected chi connectivity index (χ4v) is 4.50. The molecule has 0 radical (unpaired) electrons. The number of halogens is 2. The van der Waals surface area contributed by atoms with Crippen molar-refractivity contribution in [3.05, 3.63) is 58.7 Å². The highest BCUT2D eigenvalue weighted by atomic mass is 32.2. The van der Waals surface area contributed by atoms with E-state index in [4.69, 9.17) is 0 Å². The molecular formula is C19H21F2NOS. The summed E-state index contributed by atoms with van der Waals surface area (Å²) in [5.74, 6) is -1.61. The van der Waals surface area contributed by atoms with Gasteiger partial charge in [-0.2, -0.15) is 0 Å². The second kappa shape index (κ2) is 7.62. The Morgan fingerprint density at radius 3 is 2.83 bits per heavy atom. The molecule has 0 aromatic heterocycles. The Kier molecular flexibility index (Phi) is 5.51. The minimum absolute atomic E-state index is 0.182. The quantitative estimate of drug-likeness (QED) is 0.560. The summed E-state index contributed by atoms with van der Waals surface area (Å²) in [4.78, 5) is 11.3. The zero-order valence-corrected chi connectivity index (χ0v) is 14.5. The lowest BCUT2D eigenvalue weighted by Crippen LogP contribution is -2.28. The van der Waals surface area contributed by atoms with E-state index in [0.29, 0.717) is 17.4 Å². The van der Waals surface area contributed by atoms with Gasteiger partial charge in [0.15, 0.2) is 5.78 Å². The normalized spacial score (nSPS) is 21.6. The zero-order chi connectivity index (χ0) is 17.1. The first-order valence-electron chi connectivity index (χ1n) is 8.32. The molecule has 1 saturated heterocycles. The molecule has 0 amide bonds. The summed E-state index contributed by atoms with van der Waals surface area (Å²) >= 11 is 1.72. The predicted octanol–water partition coefficient (Wildman–Crippen LogP) is 5.06. The number of benzene rings is 1. The van der Waals surface area contributed by atoms with Crippen molar-refractivity contribution >= 4 is 17.7 Å². The van der Waals surface area contributed by atoms with Gasteiger partial charge in [-0.05, 0) is 50.3 Å². The van der Waals surface area contributed by atoms with Crippen molar-refractivity contribution in [3.63, 3.8) is 0 Å². The lowest BCUT2D eigenvalue weighted by molar-refractivity contribution is 0.101. The molecule has 5 heteroatoms. The molecule has 0 bridgehead atoms. The largest absolute Gasteiger partial charge is 0.294 e. The third-order valence-corrected chi connectivity index (χ3v) is 5.78. The third-order valence-electron chi connectivity index (χ3n) is 4.41. The number of ketones is 1. The Morgan fingerprint density at radius 2 is 2.12 bits per heavy atom. The first-order chi connectivity index (χ1) is 11.5. The molecular weight excluding hydrogens is 328 g/mol. The van der Waals surface area contributed by atoms with Gasteiger partial charge in [-0.15, -0.1) is 0 Å². The number of nitrogens with zero attached hydrogens (tertiary/aromatic N) is 1. The highest BCUT2D eigenvalue weighted by molar-refractivity contribution is 7.97. The van der Waals surface area contributed by atoms with Crippen LogP contribution in [0.1, 0.15) is 48.5 Å². The van der Waals surface area contributed by atoms with E-state index >= 15 is 0 Å². The molecule has 1 aliphatic heterocycles. The summed E-state index contributed by atoms with van der Waals surface area (Å²) in [7, 11) is 0. The lowest BCUT2D eigenvalue weighted by atomic mass is 10.0. The second-order valence-corrected chi connectivity index (χ2v) is 7.56. The van der Waals surface area contributed by atoms with Gasteiger partial charge in [0.1, 0.15) is 11.6 Å². The van der Waals surface area contributed by atoms with Crippen molar-refractivity contribution in [3.8, 4) is 0 Å². The molecule has 1 aliphatic carbocycles. The number of rotatable bonds is 4.